The number of anilines is 1. The van der Waals surface area contributed by atoms with Crippen LogP contribution in [0.4, 0.5) is 5.69 Å². The fourth-order valence-corrected chi connectivity index (χ4v) is 3.87. The summed E-state index contributed by atoms with van der Waals surface area (Å²) in [6.07, 6.45) is 1.72. The van der Waals surface area contributed by atoms with Crippen LogP contribution < -0.4 is 14.4 Å². The normalized spacial score (nSPS) is 17.7. The van der Waals surface area contributed by atoms with E-state index in [-0.39, 0.29) is 17.9 Å². The van der Waals surface area contributed by atoms with Crippen molar-refractivity contribution in [1.29, 1.82) is 5.41 Å². The molecule has 0 aliphatic carbocycles. The first-order valence-corrected chi connectivity index (χ1v) is 8.77. The first-order chi connectivity index (χ1) is 12.0. The lowest BCUT2D eigenvalue weighted by atomic mass is 10.2. The molecule has 2 aromatic carbocycles. The monoisotopic (exact) mass is 392 g/mol. The van der Waals surface area contributed by atoms with Crippen molar-refractivity contribution in [3.05, 3.63) is 56.9 Å². The van der Waals surface area contributed by atoms with Gasteiger partial charge in [0.2, 0.25) is 6.79 Å². The highest BCUT2D eigenvalue weighted by molar-refractivity contribution is 8.19. The van der Waals surface area contributed by atoms with Crippen molar-refractivity contribution < 1.29 is 14.3 Å². The predicted octanol–water partition coefficient (Wildman–Crippen LogP) is 4.78. The summed E-state index contributed by atoms with van der Waals surface area (Å²) in [7, 11) is 0. The molecule has 8 heteroatoms. The summed E-state index contributed by atoms with van der Waals surface area (Å²) >= 11 is 13.2. The van der Waals surface area contributed by atoms with E-state index in [9.17, 15) is 4.79 Å². The van der Waals surface area contributed by atoms with Crippen LogP contribution in [-0.4, -0.2) is 17.9 Å². The van der Waals surface area contributed by atoms with Crippen molar-refractivity contribution >= 4 is 57.8 Å². The minimum Gasteiger partial charge on any atom is -0.454 e. The van der Waals surface area contributed by atoms with Crippen molar-refractivity contribution in [2.45, 2.75) is 0 Å². The van der Waals surface area contributed by atoms with E-state index in [2.05, 4.69) is 0 Å². The Labute approximate surface area is 157 Å². The van der Waals surface area contributed by atoms with E-state index in [4.69, 9.17) is 38.1 Å². The molecule has 1 fully saturated rings. The van der Waals surface area contributed by atoms with Gasteiger partial charge in [0.05, 0.1) is 15.6 Å². The number of ether oxygens (including phenoxy) is 2. The molecule has 1 amide bonds. The van der Waals surface area contributed by atoms with Crippen molar-refractivity contribution in [3.63, 3.8) is 0 Å². The second-order valence-corrected chi connectivity index (χ2v) is 7.14. The highest BCUT2D eigenvalue weighted by Crippen LogP contribution is 2.40. The largest absolute Gasteiger partial charge is 0.454 e. The summed E-state index contributed by atoms with van der Waals surface area (Å²) in [6.45, 7) is 0.191. The molecule has 1 N–H and O–H groups in total. The minimum absolute atomic E-state index is 0.0845. The maximum absolute atomic E-state index is 12.7. The zero-order valence-corrected chi connectivity index (χ0v) is 14.9. The van der Waals surface area contributed by atoms with Gasteiger partial charge in [0.15, 0.2) is 16.7 Å². The second kappa shape index (κ2) is 6.29. The van der Waals surface area contributed by atoms with Gasteiger partial charge in [-0.3, -0.25) is 15.1 Å². The van der Waals surface area contributed by atoms with Crippen LogP contribution in [0.2, 0.25) is 10.0 Å². The fourth-order valence-electron chi connectivity index (χ4n) is 2.52. The third-order valence-corrected chi connectivity index (χ3v) is 5.09. The predicted molar refractivity (Wildman–Crippen MR) is 99.8 cm³/mol. The van der Waals surface area contributed by atoms with E-state index in [0.29, 0.717) is 32.1 Å². The smallest absolute Gasteiger partial charge is 0.271 e. The molecule has 0 spiro atoms. The van der Waals surface area contributed by atoms with Gasteiger partial charge in [0.25, 0.3) is 5.91 Å². The van der Waals surface area contributed by atoms with Crippen molar-refractivity contribution in [2.75, 3.05) is 11.7 Å². The Kier molecular flexibility index (Phi) is 4.11. The van der Waals surface area contributed by atoms with Gasteiger partial charge in [0, 0.05) is 5.02 Å². The van der Waals surface area contributed by atoms with Crippen LogP contribution in [0.3, 0.4) is 0 Å². The lowest BCUT2D eigenvalue weighted by Crippen LogP contribution is -2.28. The number of nitrogens with one attached hydrogen (secondary N) is 1. The third kappa shape index (κ3) is 2.97. The molecule has 0 radical (unpaired) electrons. The number of thioether (sulfide) groups is 1. The SMILES string of the molecule is N=C1S/C(=C\c2ccc3c(c2)OCO3)C(=O)N1c1ccc(Cl)cc1Cl. The fraction of sp³-hybridized carbons (Fsp3) is 0.0588. The molecule has 0 aromatic heterocycles. The van der Waals surface area contributed by atoms with Gasteiger partial charge < -0.3 is 9.47 Å². The van der Waals surface area contributed by atoms with Crippen LogP contribution >= 0.6 is 35.0 Å². The number of benzene rings is 2. The summed E-state index contributed by atoms with van der Waals surface area (Å²) in [5, 5.41) is 9.00. The molecule has 5 nitrogen and oxygen atoms in total. The van der Waals surface area contributed by atoms with Crippen LogP contribution in [0.25, 0.3) is 6.08 Å². The number of halogens is 2. The number of nitrogens with zero attached hydrogens (tertiary/aromatic N) is 1. The average molecular weight is 393 g/mol. The van der Waals surface area contributed by atoms with E-state index in [1.165, 1.54) is 4.90 Å². The molecule has 4 rings (SSSR count). The van der Waals surface area contributed by atoms with Crippen molar-refractivity contribution in [2.24, 2.45) is 0 Å². The first kappa shape index (κ1) is 16.3. The molecule has 2 aliphatic rings. The van der Waals surface area contributed by atoms with E-state index < -0.39 is 0 Å². The van der Waals surface area contributed by atoms with Gasteiger partial charge in [-0.2, -0.15) is 0 Å². The molecule has 126 valence electrons. The molecule has 0 atom stereocenters. The van der Waals surface area contributed by atoms with Gasteiger partial charge in [-0.1, -0.05) is 29.3 Å². The zero-order chi connectivity index (χ0) is 17.6. The van der Waals surface area contributed by atoms with Gasteiger partial charge in [-0.05, 0) is 53.7 Å². The van der Waals surface area contributed by atoms with E-state index in [1.807, 2.05) is 6.07 Å². The number of carbonyl (C=O) groups excluding carboxylic acids is 1. The molecule has 25 heavy (non-hydrogen) atoms. The second-order valence-electron chi connectivity index (χ2n) is 5.26. The number of fused-ring (bicyclic) bond motifs is 1. The number of carbonyl (C=O) groups is 1. The Hall–Kier alpha value is -2.15. The summed E-state index contributed by atoms with van der Waals surface area (Å²) < 4.78 is 10.6. The number of rotatable bonds is 2. The van der Waals surface area contributed by atoms with Crippen LogP contribution in [-0.2, 0) is 4.79 Å². The first-order valence-electron chi connectivity index (χ1n) is 7.20. The molecule has 2 heterocycles. The summed E-state index contributed by atoms with van der Waals surface area (Å²) in [5.41, 5.74) is 1.22. The number of amides is 1. The number of amidine groups is 1. The molecule has 1 saturated heterocycles. The quantitative estimate of drug-likeness (QED) is 0.747. The standard InChI is InChI=1S/C17H10Cl2N2O3S/c18-10-2-3-12(11(19)7-10)21-16(22)15(25-17(21)20)6-9-1-4-13-14(5-9)24-8-23-13/h1-7,20H,8H2/b15-6-,20-17?. The maximum Gasteiger partial charge on any atom is 0.271 e. The average Bonchev–Trinajstić information content (AvgIpc) is 3.13. The van der Waals surface area contributed by atoms with Gasteiger partial charge in [-0.15, -0.1) is 0 Å². The summed E-state index contributed by atoms with van der Waals surface area (Å²) in [4.78, 5) is 14.4. The molecule has 0 unspecified atom stereocenters. The van der Waals surface area contributed by atoms with Crippen LogP contribution in [0, 0.1) is 5.41 Å². The van der Waals surface area contributed by atoms with E-state index >= 15 is 0 Å². The Bertz CT molecular complexity index is 945. The Morgan fingerprint density at radius 1 is 1.12 bits per heavy atom. The number of hydrogen-bond acceptors (Lipinski definition) is 5. The zero-order valence-electron chi connectivity index (χ0n) is 12.6. The third-order valence-electron chi connectivity index (χ3n) is 3.67. The Balaban J connectivity index is 1.67. The van der Waals surface area contributed by atoms with Gasteiger partial charge in [0.1, 0.15) is 0 Å². The molecular weight excluding hydrogens is 383 g/mol. The molecule has 0 bridgehead atoms. The van der Waals surface area contributed by atoms with Gasteiger partial charge in [-0.25, -0.2) is 0 Å². The lowest BCUT2D eigenvalue weighted by molar-refractivity contribution is -0.113. The highest BCUT2D eigenvalue weighted by Gasteiger charge is 2.34. The Morgan fingerprint density at radius 3 is 2.72 bits per heavy atom. The number of hydrogen-bond donors (Lipinski definition) is 1. The van der Waals surface area contributed by atoms with Crippen LogP contribution in [0.5, 0.6) is 11.5 Å². The highest BCUT2D eigenvalue weighted by atomic mass is 35.5. The summed E-state index contributed by atoms with van der Waals surface area (Å²) in [6, 6.07) is 10.2. The van der Waals surface area contributed by atoms with Crippen molar-refractivity contribution in [3.8, 4) is 11.5 Å². The van der Waals surface area contributed by atoms with Gasteiger partial charge >= 0.3 is 0 Å². The maximum atomic E-state index is 12.7. The molecular formula is C17H10Cl2N2O3S. The molecule has 0 saturated carbocycles. The summed E-state index contributed by atoms with van der Waals surface area (Å²) in [5.74, 6) is 1.00. The molecule has 2 aromatic rings. The van der Waals surface area contributed by atoms with E-state index in [0.717, 1.165) is 17.3 Å². The molecule has 2 aliphatic heterocycles. The topological polar surface area (TPSA) is 62.6 Å². The van der Waals surface area contributed by atoms with Crippen molar-refractivity contribution in [1.82, 2.24) is 0 Å². The Morgan fingerprint density at radius 2 is 1.92 bits per heavy atom. The van der Waals surface area contributed by atoms with Crippen LogP contribution in [0.1, 0.15) is 5.56 Å². The lowest BCUT2D eigenvalue weighted by Gasteiger charge is -2.16. The van der Waals surface area contributed by atoms with Crippen LogP contribution in [0.15, 0.2) is 41.3 Å². The van der Waals surface area contributed by atoms with E-state index in [1.54, 1.807) is 36.4 Å². The minimum atomic E-state index is -0.308.